The van der Waals surface area contributed by atoms with Crippen LogP contribution in [0, 0.1) is 0 Å². The first kappa shape index (κ1) is 19.3. The number of esters is 2. The SMILES string of the molecule is CCOC(=O)C(=CNCc1ccc2c(c1)N1CCCN=C1S2)C(=O)OCC. The lowest BCUT2D eigenvalue weighted by molar-refractivity contribution is -0.146. The molecule has 0 bridgehead atoms. The molecule has 0 unspecified atom stereocenters. The molecule has 0 aromatic heterocycles. The first-order valence-corrected chi connectivity index (χ1v) is 9.86. The molecule has 0 aliphatic carbocycles. The Kier molecular flexibility index (Phi) is 6.39. The van der Waals surface area contributed by atoms with E-state index in [-0.39, 0.29) is 18.8 Å². The van der Waals surface area contributed by atoms with Crippen LogP contribution in [0.5, 0.6) is 0 Å². The van der Waals surface area contributed by atoms with E-state index in [2.05, 4.69) is 27.3 Å². The minimum Gasteiger partial charge on any atom is -0.462 e. The van der Waals surface area contributed by atoms with E-state index < -0.39 is 11.9 Å². The van der Waals surface area contributed by atoms with Crippen LogP contribution in [0.15, 0.2) is 39.9 Å². The maximum atomic E-state index is 12.0. The number of carbonyl (C=O) groups is 2. The van der Waals surface area contributed by atoms with Crippen LogP contribution >= 0.6 is 11.8 Å². The zero-order chi connectivity index (χ0) is 19.2. The molecule has 0 fully saturated rings. The topological polar surface area (TPSA) is 80.2 Å². The number of thioether (sulfide) groups is 1. The van der Waals surface area contributed by atoms with E-state index in [1.54, 1.807) is 25.6 Å². The first-order chi connectivity index (χ1) is 13.1. The lowest BCUT2D eigenvalue weighted by Gasteiger charge is -2.22. The summed E-state index contributed by atoms with van der Waals surface area (Å²) in [4.78, 5) is 31.9. The molecule has 1 aromatic carbocycles. The number of nitrogens with zero attached hydrogens (tertiary/aromatic N) is 2. The van der Waals surface area contributed by atoms with Crippen molar-refractivity contribution in [3.63, 3.8) is 0 Å². The van der Waals surface area contributed by atoms with Crippen molar-refractivity contribution in [2.45, 2.75) is 31.7 Å². The normalized spacial score (nSPS) is 14.6. The monoisotopic (exact) mass is 389 g/mol. The van der Waals surface area contributed by atoms with Crippen LogP contribution in [-0.2, 0) is 25.6 Å². The fraction of sp³-hybridized carbons (Fsp3) is 0.421. The summed E-state index contributed by atoms with van der Waals surface area (Å²) in [6.07, 6.45) is 2.42. The third-order valence-corrected chi connectivity index (χ3v) is 5.17. The summed E-state index contributed by atoms with van der Waals surface area (Å²) in [6.45, 7) is 6.10. The van der Waals surface area contributed by atoms with Gasteiger partial charge in [0.15, 0.2) is 10.7 Å². The number of fused-ring (bicyclic) bond motifs is 3. The van der Waals surface area contributed by atoms with Gasteiger partial charge in [-0.1, -0.05) is 6.07 Å². The molecular formula is C19H23N3O4S. The number of hydrogen-bond donors (Lipinski definition) is 1. The number of carbonyl (C=O) groups excluding carboxylic acids is 2. The predicted octanol–water partition coefficient (Wildman–Crippen LogP) is 2.46. The second-order valence-electron chi connectivity index (χ2n) is 5.95. The van der Waals surface area contributed by atoms with E-state index in [0.717, 1.165) is 35.9 Å². The number of nitrogens with one attached hydrogen (secondary N) is 1. The van der Waals surface area contributed by atoms with Crippen LogP contribution in [0.2, 0.25) is 0 Å². The second-order valence-corrected chi connectivity index (χ2v) is 6.96. The number of aliphatic imine (C=N–C) groups is 1. The fourth-order valence-corrected chi connectivity index (χ4v) is 3.92. The van der Waals surface area contributed by atoms with Crippen molar-refractivity contribution in [1.29, 1.82) is 0 Å². The Labute approximate surface area is 162 Å². The molecular weight excluding hydrogens is 366 g/mol. The van der Waals surface area contributed by atoms with Gasteiger partial charge < -0.3 is 19.7 Å². The minimum absolute atomic E-state index is 0.138. The summed E-state index contributed by atoms with van der Waals surface area (Å²) in [5.74, 6) is -1.38. The Bertz CT molecular complexity index is 771. The molecule has 0 spiro atoms. The molecule has 1 N–H and O–H groups in total. The van der Waals surface area contributed by atoms with Crippen molar-refractivity contribution in [2.75, 3.05) is 31.2 Å². The van der Waals surface area contributed by atoms with E-state index in [0.29, 0.717) is 6.54 Å². The summed E-state index contributed by atoms with van der Waals surface area (Å²) in [5.41, 5.74) is 2.07. The Morgan fingerprint density at radius 2 is 2.00 bits per heavy atom. The second kappa shape index (κ2) is 8.94. The zero-order valence-electron chi connectivity index (χ0n) is 15.5. The van der Waals surface area contributed by atoms with E-state index in [1.807, 2.05) is 6.07 Å². The Morgan fingerprint density at radius 3 is 2.70 bits per heavy atom. The lowest BCUT2D eigenvalue weighted by Crippen LogP contribution is -2.30. The molecule has 2 aliphatic rings. The third kappa shape index (κ3) is 4.44. The minimum atomic E-state index is -0.692. The number of ether oxygens (including phenoxy) is 2. The van der Waals surface area contributed by atoms with Crippen molar-refractivity contribution in [1.82, 2.24) is 5.32 Å². The maximum absolute atomic E-state index is 12.0. The van der Waals surface area contributed by atoms with Crippen molar-refractivity contribution >= 4 is 34.6 Å². The van der Waals surface area contributed by atoms with Gasteiger partial charge in [0.2, 0.25) is 0 Å². The number of benzene rings is 1. The lowest BCUT2D eigenvalue weighted by atomic mass is 10.1. The van der Waals surface area contributed by atoms with Crippen molar-refractivity contribution < 1.29 is 19.1 Å². The molecule has 0 atom stereocenters. The molecule has 0 amide bonds. The van der Waals surface area contributed by atoms with Gasteiger partial charge in [-0.25, -0.2) is 9.59 Å². The van der Waals surface area contributed by atoms with Gasteiger partial charge in [-0.3, -0.25) is 4.99 Å². The zero-order valence-corrected chi connectivity index (χ0v) is 16.3. The van der Waals surface area contributed by atoms with E-state index in [1.165, 1.54) is 11.1 Å². The van der Waals surface area contributed by atoms with Crippen LogP contribution in [0.25, 0.3) is 0 Å². The number of amidine groups is 1. The van der Waals surface area contributed by atoms with Gasteiger partial charge in [-0.2, -0.15) is 0 Å². The highest BCUT2D eigenvalue weighted by atomic mass is 32.2. The van der Waals surface area contributed by atoms with Gasteiger partial charge >= 0.3 is 11.9 Å². The highest BCUT2D eigenvalue weighted by molar-refractivity contribution is 8.14. The van der Waals surface area contributed by atoms with E-state index in [4.69, 9.17) is 9.47 Å². The van der Waals surface area contributed by atoms with Crippen molar-refractivity contribution in [3.05, 3.63) is 35.5 Å². The molecule has 27 heavy (non-hydrogen) atoms. The third-order valence-electron chi connectivity index (χ3n) is 4.08. The van der Waals surface area contributed by atoms with Gasteiger partial charge in [-0.15, -0.1) is 0 Å². The van der Waals surface area contributed by atoms with Crippen LogP contribution in [-0.4, -0.2) is 43.4 Å². The molecule has 0 radical (unpaired) electrons. The smallest absolute Gasteiger partial charge is 0.347 e. The highest BCUT2D eigenvalue weighted by Gasteiger charge is 2.28. The van der Waals surface area contributed by atoms with Gasteiger partial charge in [0.1, 0.15) is 0 Å². The molecule has 2 heterocycles. The van der Waals surface area contributed by atoms with Gasteiger partial charge in [-0.05, 0) is 49.7 Å². The average Bonchev–Trinajstić information content (AvgIpc) is 3.03. The molecule has 7 nitrogen and oxygen atoms in total. The Balaban J connectivity index is 1.69. The van der Waals surface area contributed by atoms with Crippen molar-refractivity contribution in [2.24, 2.45) is 4.99 Å². The molecule has 0 saturated carbocycles. The molecule has 0 saturated heterocycles. The quantitative estimate of drug-likeness (QED) is 0.332. The summed E-state index contributed by atoms with van der Waals surface area (Å²) >= 11 is 1.70. The molecule has 144 valence electrons. The summed E-state index contributed by atoms with van der Waals surface area (Å²) < 4.78 is 9.85. The van der Waals surface area contributed by atoms with Gasteiger partial charge in [0.25, 0.3) is 0 Å². The summed E-state index contributed by atoms with van der Waals surface area (Å²) in [5, 5.41) is 4.09. The largest absolute Gasteiger partial charge is 0.462 e. The van der Waals surface area contributed by atoms with Crippen LogP contribution in [0.4, 0.5) is 5.69 Å². The standard InChI is InChI=1S/C19H23N3O4S/c1-3-25-17(23)14(18(24)26-4-2)12-20-11-13-6-7-16-15(10-13)22-9-5-8-21-19(22)27-16/h6-7,10,12,20H,3-5,8-9,11H2,1-2H3. The van der Waals surface area contributed by atoms with E-state index >= 15 is 0 Å². The molecule has 8 heteroatoms. The van der Waals surface area contributed by atoms with Crippen LogP contribution in [0.1, 0.15) is 25.8 Å². The van der Waals surface area contributed by atoms with Gasteiger partial charge in [0, 0.05) is 30.7 Å². The Morgan fingerprint density at radius 1 is 1.26 bits per heavy atom. The Hall–Kier alpha value is -2.48. The number of rotatable bonds is 7. The molecule has 1 aromatic rings. The van der Waals surface area contributed by atoms with Crippen molar-refractivity contribution in [3.8, 4) is 0 Å². The maximum Gasteiger partial charge on any atom is 0.347 e. The fourth-order valence-electron chi connectivity index (χ4n) is 2.85. The highest BCUT2D eigenvalue weighted by Crippen LogP contribution is 2.41. The summed E-state index contributed by atoms with van der Waals surface area (Å²) in [7, 11) is 0. The van der Waals surface area contributed by atoms with E-state index in [9.17, 15) is 9.59 Å². The molecule has 3 rings (SSSR count). The predicted molar refractivity (Wildman–Crippen MR) is 105 cm³/mol. The molecule has 2 aliphatic heterocycles. The average molecular weight is 389 g/mol. The van der Waals surface area contributed by atoms with Crippen LogP contribution in [0.3, 0.4) is 0 Å². The summed E-state index contributed by atoms with van der Waals surface area (Å²) in [6, 6.07) is 6.23. The number of anilines is 1. The number of hydrogen-bond acceptors (Lipinski definition) is 8. The van der Waals surface area contributed by atoms with Crippen LogP contribution < -0.4 is 10.2 Å². The first-order valence-electron chi connectivity index (χ1n) is 9.04. The van der Waals surface area contributed by atoms with Gasteiger partial charge in [0.05, 0.1) is 18.9 Å².